The Kier molecular flexibility index (Phi) is 2.93. The lowest BCUT2D eigenvalue weighted by molar-refractivity contribution is -0.181. The maximum absolute atomic E-state index is 10.8. The van der Waals surface area contributed by atoms with Gasteiger partial charge >= 0.3 is 5.97 Å². The molecule has 13 heavy (non-hydrogen) atoms. The van der Waals surface area contributed by atoms with Crippen LogP contribution in [0, 0.1) is 5.92 Å². The number of methoxy groups -OCH3 is 1. The molecule has 0 saturated heterocycles. The van der Waals surface area contributed by atoms with E-state index in [2.05, 4.69) is 0 Å². The molecule has 0 bridgehead atoms. The van der Waals surface area contributed by atoms with Crippen LogP contribution in [-0.4, -0.2) is 35.0 Å². The molecule has 0 aromatic carbocycles. The molecule has 1 unspecified atom stereocenters. The van der Waals surface area contributed by atoms with Crippen LogP contribution in [0.25, 0.3) is 0 Å². The molecule has 1 aliphatic carbocycles. The van der Waals surface area contributed by atoms with E-state index in [0.29, 0.717) is 19.3 Å². The van der Waals surface area contributed by atoms with Crippen LogP contribution < -0.4 is 0 Å². The summed E-state index contributed by atoms with van der Waals surface area (Å²) in [7, 11) is 1.58. The van der Waals surface area contributed by atoms with Crippen LogP contribution in [0.5, 0.6) is 0 Å². The summed E-state index contributed by atoms with van der Waals surface area (Å²) in [5, 5.41) is 18.7. The molecule has 1 fully saturated rings. The topological polar surface area (TPSA) is 66.8 Å². The summed E-state index contributed by atoms with van der Waals surface area (Å²) in [6.07, 6.45) is 1.36. The Morgan fingerprint density at radius 2 is 2.23 bits per heavy atom. The van der Waals surface area contributed by atoms with E-state index in [9.17, 15) is 9.90 Å². The normalized spacial score (nSPS) is 35.2. The van der Waals surface area contributed by atoms with E-state index >= 15 is 0 Å². The van der Waals surface area contributed by atoms with Gasteiger partial charge in [-0.25, -0.2) is 0 Å². The minimum absolute atomic E-state index is 0.0263. The van der Waals surface area contributed by atoms with Crippen molar-refractivity contribution >= 4 is 5.97 Å². The standard InChI is InChI=1S/C9H16O4/c1-3-7(8(10)11)9(12)4-6(5-9)13-2/h6-7,12H,3-5H2,1-2H3,(H,10,11). The molecule has 0 aromatic heterocycles. The molecular formula is C9H16O4. The minimum atomic E-state index is -1.04. The van der Waals surface area contributed by atoms with Gasteiger partial charge in [0.25, 0.3) is 0 Å². The van der Waals surface area contributed by atoms with Crippen molar-refractivity contribution in [2.24, 2.45) is 5.92 Å². The molecule has 0 amide bonds. The summed E-state index contributed by atoms with van der Waals surface area (Å²) >= 11 is 0. The van der Waals surface area contributed by atoms with Crippen molar-refractivity contribution in [3.05, 3.63) is 0 Å². The molecule has 0 aromatic rings. The molecule has 1 saturated carbocycles. The number of carboxylic acids is 1. The lowest BCUT2D eigenvalue weighted by atomic mass is 9.68. The largest absolute Gasteiger partial charge is 0.481 e. The summed E-state index contributed by atoms with van der Waals surface area (Å²) in [4.78, 5) is 10.8. The first kappa shape index (κ1) is 10.5. The van der Waals surface area contributed by atoms with Gasteiger partial charge in [0, 0.05) is 20.0 Å². The fourth-order valence-electron chi connectivity index (χ4n) is 1.96. The van der Waals surface area contributed by atoms with E-state index in [1.54, 1.807) is 14.0 Å². The molecule has 4 nitrogen and oxygen atoms in total. The van der Waals surface area contributed by atoms with Gasteiger partial charge in [-0.1, -0.05) is 6.92 Å². The third-order valence-corrected chi connectivity index (χ3v) is 2.85. The highest BCUT2D eigenvalue weighted by Crippen LogP contribution is 2.41. The van der Waals surface area contributed by atoms with Crippen LogP contribution in [0.1, 0.15) is 26.2 Å². The number of hydrogen-bond acceptors (Lipinski definition) is 3. The van der Waals surface area contributed by atoms with Gasteiger partial charge in [-0.15, -0.1) is 0 Å². The average Bonchev–Trinajstić information content (AvgIpc) is 1.99. The molecule has 1 rings (SSSR count). The highest BCUT2D eigenvalue weighted by Gasteiger charge is 2.50. The van der Waals surface area contributed by atoms with E-state index in [4.69, 9.17) is 9.84 Å². The van der Waals surface area contributed by atoms with Crippen molar-refractivity contribution in [2.45, 2.75) is 37.9 Å². The highest BCUT2D eigenvalue weighted by molar-refractivity contribution is 5.71. The summed E-state index contributed by atoms with van der Waals surface area (Å²) in [6, 6.07) is 0. The average molecular weight is 188 g/mol. The van der Waals surface area contributed by atoms with Gasteiger partial charge in [0.05, 0.1) is 17.6 Å². The number of aliphatic carboxylic acids is 1. The van der Waals surface area contributed by atoms with Crippen molar-refractivity contribution in [2.75, 3.05) is 7.11 Å². The van der Waals surface area contributed by atoms with Crippen molar-refractivity contribution in [3.8, 4) is 0 Å². The van der Waals surface area contributed by atoms with Crippen molar-refractivity contribution in [1.82, 2.24) is 0 Å². The van der Waals surface area contributed by atoms with Gasteiger partial charge < -0.3 is 14.9 Å². The Morgan fingerprint density at radius 1 is 1.69 bits per heavy atom. The molecule has 0 aliphatic heterocycles. The Bertz CT molecular complexity index is 196. The van der Waals surface area contributed by atoms with Crippen LogP contribution in [0.3, 0.4) is 0 Å². The van der Waals surface area contributed by atoms with Crippen molar-refractivity contribution < 1.29 is 19.7 Å². The lowest BCUT2D eigenvalue weighted by Gasteiger charge is -2.45. The molecule has 1 aliphatic rings. The van der Waals surface area contributed by atoms with Crippen LogP contribution in [-0.2, 0) is 9.53 Å². The first-order valence-electron chi connectivity index (χ1n) is 4.51. The second-order valence-electron chi connectivity index (χ2n) is 3.67. The predicted octanol–water partition coefficient (Wildman–Crippen LogP) is 0.637. The summed E-state index contributed by atoms with van der Waals surface area (Å²) < 4.78 is 5.00. The molecule has 4 heteroatoms. The number of rotatable bonds is 4. The van der Waals surface area contributed by atoms with Crippen LogP contribution in [0.4, 0.5) is 0 Å². The van der Waals surface area contributed by atoms with E-state index in [-0.39, 0.29) is 6.10 Å². The van der Waals surface area contributed by atoms with Gasteiger partial charge in [-0.3, -0.25) is 4.79 Å². The smallest absolute Gasteiger partial charge is 0.309 e. The number of hydrogen-bond donors (Lipinski definition) is 2. The molecular weight excluding hydrogens is 172 g/mol. The zero-order chi connectivity index (χ0) is 10.1. The fourth-order valence-corrected chi connectivity index (χ4v) is 1.96. The summed E-state index contributed by atoms with van der Waals surface area (Å²) in [5.41, 5.74) is -1.04. The van der Waals surface area contributed by atoms with Crippen LogP contribution >= 0.6 is 0 Å². The quantitative estimate of drug-likeness (QED) is 0.679. The van der Waals surface area contributed by atoms with E-state index in [0.717, 1.165) is 0 Å². The summed E-state index contributed by atoms with van der Waals surface area (Å²) in [6.45, 7) is 1.77. The Hall–Kier alpha value is -0.610. The Morgan fingerprint density at radius 3 is 2.54 bits per heavy atom. The van der Waals surface area contributed by atoms with Crippen LogP contribution in [0.2, 0.25) is 0 Å². The number of aliphatic hydroxyl groups is 1. The van der Waals surface area contributed by atoms with Gasteiger partial charge in [-0.2, -0.15) is 0 Å². The zero-order valence-corrected chi connectivity index (χ0v) is 7.99. The molecule has 0 heterocycles. The van der Waals surface area contributed by atoms with Gasteiger partial charge in [0.1, 0.15) is 0 Å². The maximum atomic E-state index is 10.8. The molecule has 0 radical (unpaired) electrons. The first-order valence-corrected chi connectivity index (χ1v) is 4.51. The Labute approximate surface area is 77.5 Å². The number of carboxylic acid groups (broad SMARTS) is 1. The summed E-state index contributed by atoms with van der Waals surface area (Å²) in [5.74, 6) is -1.57. The first-order chi connectivity index (χ1) is 6.03. The predicted molar refractivity (Wildman–Crippen MR) is 46.4 cm³/mol. The van der Waals surface area contributed by atoms with E-state index < -0.39 is 17.5 Å². The number of carbonyl (C=O) groups is 1. The van der Waals surface area contributed by atoms with Crippen LogP contribution in [0.15, 0.2) is 0 Å². The molecule has 76 valence electrons. The second-order valence-corrected chi connectivity index (χ2v) is 3.67. The molecule has 0 spiro atoms. The van der Waals surface area contributed by atoms with Crippen molar-refractivity contribution in [3.63, 3.8) is 0 Å². The monoisotopic (exact) mass is 188 g/mol. The third-order valence-electron chi connectivity index (χ3n) is 2.85. The van der Waals surface area contributed by atoms with Gasteiger partial charge in [0.2, 0.25) is 0 Å². The highest BCUT2D eigenvalue weighted by atomic mass is 16.5. The number of ether oxygens (including phenoxy) is 1. The SMILES string of the molecule is CCC(C(=O)O)C1(O)CC(OC)C1. The van der Waals surface area contributed by atoms with E-state index in [1.165, 1.54) is 0 Å². The second kappa shape index (κ2) is 3.64. The molecule has 2 N–H and O–H groups in total. The fraction of sp³-hybridized carbons (Fsp3) is 0.889. The van der Waals surface area contributed by atoms with Gasteiger partial charge in [-0.05, 0) is 6.42 Å². The zero-order valence-electron chi connectivity index (χ0n) is 7.99. The maximum Gasteiger partial charge on any atom is 0.309 e. The third kappa shape index (κ3) is 1.84. The minimum Gasteiger partial charge on any atom is -0.481 e. The molecule has 1 atom stereocenters. The van der Waals surface area contributed by atoms with Crippen molar-refractivity contribution in [1.29, 1.82) is 0 Å². The van der Waals surface area contributed by atoms with Gasteiger partial charge in [0.15, 0.2) is 0 Å². The van der Waals surface area contributed by atoms with E-state index in [1.807, 2.05) is 0 Å². The Balaban J connectivity index is 2.56. The lowest BCUT2D eigenvalue weighted by Crippen LogP contribution is -2.55.